The minimum absolute atomic E-state index is 0.292. The molecule has 1 atom stereocenters. The van der Waals surface area contributed by atoms with Crippen molar-refractivity contribution in [2.75, 3.05) is 13.7 Å². The van der Waals surface area contributed by atoms with Crippen LogP contribution in [-0.2, 0) is 10.3 Å². The van der Waals surface area contributed by atoms with Gasteiger partial charge in [-0.25, -0.2) is 4.98 Å². The van der Waals surface area contributed by atoms with Crippen molar-refractivity contribution in [1.29, 1.82) is 0 Å². The number of aromatic nitrogens is 1. The monoisotopic (exact) mass is 242 g/mol. The summed E-state index contributed by atoms with van der Waals surface area (Å²) >= 11 is 1.74. The normalized spacial score (nSPS) is 14.1. The largest absolute Gasteiger partial charge is 0.372 e. The first kappa shape index (κ1) is 13.6. The molecule has 0 fully saturated rings. The van der Waals surface area contributed by atoms with Crippen LogP contribution in [0.5, 0.6) is 0 Å². The van der Waals surface area contributed by atoms with E-state index in [4.69, 9.17) is 4.74 Å². The summed E-state index contributed by atoms with van der Waals surface area (Å²) in [6.45, 7) is 11.4. The quantitative estimate of drug-likeness (QED) is 0.862. The highest BCUT2D eigenvalue weighted by Gasteiger charge is 2.26. The molecule has 0 radical (unpaired) electrons. The molecule has 1 heterocycles. The summed E-state index contributed by atoms with van der Waals surface area (Å²) in [5.74, 6) is 0. The Morgan fingerprint density at radius 1 is 1.50 bits per heavy atom. The lowest BCUT2D eigenvalue weighted by molar-refractivity contribution is 0.0189. The fourth-order valence-corrected chi connectivity index (χ4v) is 2.73. The lowest BCUT2D eigenvalue weighted by Gasteiger charge is -2.19. The van der Waals surface area contributed by atoms with Gasteiger partial charge in [0.05, 0.1) is 5.69 Å². The fraction of sp³-hybridized carbons (Fsp3) is 0.750. The molecule has 0 spiro atoms. The Labute approximate surface area is 102 Å². The van der Waals surface area contributed by atoms with E-state index in [1.807, 2.05) is 13.8 Å². The highest BCUT2D eigenvalue weighted by molar-refractivity contribution is 7.12. The Morgan fingerprint density at radius 3 is 2.62 bits per heavy atom. The van der Waals surface area contributed by atoms with Crippen LogP contribution in [0.3, 0.4) is 0 Å². The molecule has 1 N–H and O–H groups in total. The van der Waals surface area contributed by atoms with Gasteiger partial charge >= 0.3 is 0 Å². The van der Waals surface area contributed by atoms with Gasteiger partial charge in [0.15, 0.2) is 0 Å². The van der Waals surface area contributed by atoms with E-state index in [1.54, 1.807) is 18.4 Å². The highest BCUT2D eigenvalue weighted by Crippen LogP contribution is 2.33. The van der Waals surface area contributed by atoms with Crippen molar-refractivity contribution in [2.24, 2.45) is 0 Å². The molecule has 0 saturated carbocycles. The highest BCUT2D eigenvalue weighted by atomic mass is 32.1. The van der Waals surface area contributed by atoms with Gasteiger partial charge < -0.3 is 10.1 Å². The van der Waals surface area contributed by atoms with Gasteiger partial charge in [-0.3, -0.25) is 0 Å². The Balaban J connectivity index is 2.98. The molecule has 0 aliphatic heterocycles. The van der Waals surface area contributed by atoms with Crippen molar-refractivity contribution >= 4 is 11.3 Å². The topological polar surface area (TPSA) is 34.1 Å². The third kappa shape index (κ3) is 2.81. The Kier molecular flexibility index (Phi) is 4.47. The molecule has 16 heavy (non-hydrogen) atoms. The maximum absolute atomic E-state index is 5.46. The van der Waals surface area contributed by atoms with Crippen LogP contribution in [-0.4, -0.2) is 18.6 Å². The van der Waals surface area contributed by atoms with Crippen LogP contribution in [0.4, 0.5) is 0 Å². The van der Waals surface area contributed by atoms with E-state index >= 15 is 0 Å². The van der Waals surface area contributed by atoms with E-state index < -0.39 is 0 Å². The minimum Gasteiger partial charge on any atom is -0.372 e. The number of ether oxygens (including phenoxy) is 1. The molecule has 1 unspecified atom stereocenters. The smallest absolute Gasteiger partial charge is 0.125 e. The summed E-state index contributed by atoms with van der Waals surface area (Å²) < 4.78 is 5.46. The van der Waals surface area contributed by atoms with Crippen molar-refractivity contribution < 1.29 is 4.74 Å². The Morgan fingerprint density at radius 2 is 2.12 bits per heavy atom. The molecule has 0 aromatic carbocycles. The first-order valence-electron chi connectivity index (χ1n) is 5.68. The molecule has 0 saturated heterocycles. The number of hydrogen-bond donors (Lipinski definition) is 1. The third-order valence-electron chi connectivity index (χ3n) is 2.76. The van der Waals surface area contributed by atoms with Crippen LogP contribution in [0.1, 0.15) is 49.3 Å². The number of hydrogen-bond acceptors (Lipinski definition) is 4. The molecule has 3 nitrogen and oxygen atoms in total. The van der Waals surface area contributed by atoms with Gasteiger partial charge in [-0.1, -0.05) is 6.92 Å². The Bertz CT molecular complexity index is 347. The summed E-state index contributed by atoms with van der Waals surface area (Å²) in [5.41, 5.74) is 0.818. The second kappa shape index (κ2) is 5.25. The number of nitrogens with zero attached hydrogens (tertiary/aromatic N) is 1. The van der Waals surface area contributed by atoms with E-state index in [9.17, 15) is 0 Å². The molecule has 0 bridgehead atoms. The van der Waals surface area contributed by atoms with Gasteiger partial charge in [0.2, 0.25) is 0 Å². The number of methoxy groups -OCH3 is 1. The number of rotatable bonds is 5. The van der Waals surface area contributed by atoms with E-state index in [0.29, 0.717) is 6.04 Å². The predicted molar refractivity (Wildman–Crippen MR) is 69.0 cm³/mol. The van der Waals surface area contributed by atoms with Gasteiger partial charge in [0.1, 0.15) is 10.6 Å². The number of aryl methyl sites for hydroxylation is 1. The molecule has 0 aliphatic carbocycles. The third-order valence-corrected chi connectivity index (χ3v) is 4.41. The maximum Gasteiger partial charge on any atom is 0.125 e. The average molecular weight is 242 g/mol. The standard InChI is InChI=1S/C12H22N2OS/c1-7-13-8(2)10-9(3)14-11(16-10)12(4,5)15-6/h8,13H,7H2,1-6H3. The first-order chi connectivity index (χ1) is 7.42. The lowest BCUT2D eigenvalue weighted by Crippen LogP contribution is -2.19. The SMILES string of the molecule is CCNC(C)c1sc(C(C)(C)OC)nc1C. The summed E-state index contributed by atoms with van der Waals surface area (Å²) in [7, 11) is 1.73. The van der Waals surface area contributed by atoms with Crippen molar-refractivity contribution in [3.63, 3.8) is 0 Å². The Hall–Kier alpha value is -0.450. The zero-order valence-corrected chi connectivity index (χ0v) is 11.9. The minimum atomic E-state index is -0.292. The number of nitrogens with one attached hydrogen (secondary N) is 1. The molecular weight excluding hydrogens is 220 g/mol. The fourth-order valence-electron chi connectivity index (χ4n) is 1.55. The van der Waals surface area contributed by atoms with Gasteiger partial charge in [0, 0.05) is 18.0 Å². The number of thiazole rings is 1. The first-order valence-corrected chi connectivity index (χ1v) is 6.50. The maximum atomic E-state index is 5.46. The second-order valence-electron chi connectivity index (χ2n) is 4.46. The molecule has 4 heteroatoms. The molecule has 92 valence electrons. The van der Waals surface area contributed by atoms with Crippen LogP contribution in [0, 0.1) is 6.92 Å². The van der Waals surface area contributed by atoms with Crippen molar-refractivity contribution in [3.05, 3.63) is 15.6 Å². The van der Waals surface area contributed by atoms with E-state index in [-0.39, 0.29) is 5.60 Å². The van der Waals surface area contributed by atoms with Crippen LogP contribution in [0.2, 0.25) is 0 Å². The van der Waals surface area contributed by atoms with Gasteiger partial charge in [-0.05, 0) is 34.2 Å². The van der Waals surface area contributed by atoms with Gasteiger partial charge in [-0.2, -0.15) is 0 Å². The molecule has 1 rings (SSSR count). The summed E-state index contributed by atoms with van der Waals surface area (Å²) in [6.07, 6.45) is 0. The van der Waals surface area contributed by atoms with Crippen molar-refractivity contribution in [3.8, 4) is 0 Å². The van der Waals surface area contributed by atoms with Crippen LogP contribution < -0.4 is 5.32 Å². The van der Waals surface area contributed by atoms with E-state index in [2.05, 4.69) is 31.1 Å². The summed E-state index contributed by atoms with van der Waals surface area (Å²) in [5, 5.41) is 4.46. The summed E-state index contributed by atoms with van der Waals surface area (Å²) in [6, 6.07) is 0.365. The zero-order chi connectivity index (χ0) is 12.3. The lowest BCUT2D eigenvalue weighted by atomic mass is 10.1. The molecule has 1 aromatic heterocycles. The van der Waals surface area contributed by atoms with Crippen molar-refractivity contribution in [1.82, 2.24) is 10.3 Å². The second-order valence-corrected chi connectivity index (χ2v) is 5.49. The van der Waals surface area contributed by atoms with Crippen molar-refractivity contribution in [2.45, 2.75) is 46.3 Å². The summed E-state index contributed by atoms with van der Waals surface area (Å²) in [4.78, 5) is 5.92. The van der Waals surface area contributed by atoms with Crippen LogP contribution >= 0.6 is 11.3 Å². The predicted octanol–water partition coefficient (Wildman–Crippen LogP) is 3.00. The van der Waals surface area contributed by atoms with Gasteiger partial charge in [0.25, 0.3) is 0 Å². The van der Waals surface area contributed by atoms with E-state index in [0.717, 1.165) is 17.2 Å². The molecule has 0 aliphatic rings. The molecule has 0 amide bonds. The molecular formula is C12H22N2OS. The van der Waals surface area contributed by atoms with Crippen LogP contribution in [0.15, 0.2) is 0 Å². The zero-order valence-electron chi connectivity index (χ0n) is 11.0. The molecule has 1 aromatic rings. The average Bonchev–Trinajstić information content (AvgIpc) is 2.61. The van der Waals surface area contributed by atoms with E-state index in [1.165, 1.54) is 4.88 Å². The van der Waals surface area contributed by atoms with Crippen LogP contribution in [0.25, 0.3) is 0 Å². The van der Waals surface area contributed by atoms with Gasteiger partial charge in [-0.15, -0.1) is 11.3 Å².